The maximum Gasteiger partial charge on any atom is 0.265 e. The van der Waals surface area contributed by atoms with Crippen molar-refractivity contribution in [1.82, 2.24) is 4.90 Å². The van der Waals surface area contributed by atoms with Crippen molar-refractivity contribution in [1.29, 1.82) is 0 Å². The summed E-state index contributed by atoms with van der Waals surface area (Å²) in [7, 11) is 5.00. The van der Waals surface area contributed by atoms with Crippen molar-refractivity contribution >= 4 is 17.4 Å². The van der Waals surface area contributed by atoms with E-state index in [0.29, 0.717) is 24.4 Å². The van der Waals surface area contributed by atoms with Gasteiger partial charge in [-0.1, -0.05) is 12.1 Å². The lowest BCUT2D eigenvalue weighted by Crippen LogP contribution is -2.48. The van der Waals surface area contributed by atoms with E-state index in [1.807, 2.05) is 29.2 Å². The van der Waals surface area contributed by atoms with Gasteiger partial charge in [0.15, 0.2) is 11.9 Å². The predicted octanol–water partition coefficient (Wildman–Crippen LogP) is 1.73. The first-order valence-corrected chi connectivity index (χ1v) is 8.96. The smallest absolute Gasteiger partial charge is 0.265 e. The van der Waals surface area contributed by atoms with Crippen molar-refractivity contribution < 1.29 is 24.2 Å². The molecule has 1 heterocycles. The fourth-order valence-corrected chi connectivity index (χ4v) is 3.14. The Kier molecular flexibility index (Phi) is 5.84. The molecule has 0 saturated carbocycles. The van der Waals surface area contributed by atoms with Crippen molar-refractivity contribution in [2.75, 3.05) is 39.3 Å². The number of rotatable bonds is 6. The zero-order valence-corrected chi connectivity index (χ0v) is 16.2. The molecule has 2 aromatic rings. The Morgan fingerprint density at radius 3 is 2.54 bits per heavy atom. The van der Waals surface area contributed by atoms with Crippen LogP contribution in [0.15, 0.2) is 42.5 Å². The zero-order valence-electron chi connectivity index (χ0n) is 16.2. The van der Waals surface area contributed by atoms with Crippen molar-refractivity contribution in [2.24, 2.45) is 0 Å². The number of anilines is 1. The van der Waals surface area contributed by atoms with Crippen LogP contribution in [0.2, 0.25) is 0 Å². The molecule has 7 nitrogen and oxygen atoms in total. The van der Waals surface area contributed by atoms with E-state index in [4.69, 9.17) is 14.6 Å². The Hall–Kier alpha value is -3.06. The van der Waals surface area contributed by atoms with Gasteiger partial charge in [-0.2, -0.15) is 0 Å². The monoisotopic (exact) mass is 384 g/mol. The second kappa shape index (κ2) is 8.31. The van der Waals surface area contributed by atoms with Crippen molar-refractivity contribution in [3.8, 4) is 11.5 Å². The number of aliphatic hydroxyl groups is 1. The molecule has 0 spiro atoms. The molecule has 3 rings (SSSR count). The third-order valence-electron chi connectivity index (χ3n) is 4.67. The molecule has 0 bridgehead atoms. The van der Waals surface area contributed by atoms with E-state index in [2.05, 4.69) is 0 Å². The standard InChI is InChI=1S/C21H24N2O5/c1-22(2)21(26)20-12-23(11-14-4-7-16(27-3)8-5-14)17-10-15(18(25)13-24)6-9-19(17)28-20/h4-10,20,24H,11-13H2,1-3H3. The summed E-state index contributed by atoms with van der Waals surface area (Å²) in [4.78, 5) is 27.9. The fourth-order valence-electron chi connectivity index (χ4n) is 3.14. The van der Waals surface area contributed by atoms with Gasteiger partial charge < -0.3 is 24.4 Å². The Balaban J connectivity index is 1.95. The van der Waals surface area contributed by atoms with Crippen LogP contribution in [0.25, 0.3) is 0 Å². The number of aliphatic hydroxyl groups excluding tert-OH is 1. The molecule has 1 N–H and O–H groups in total. The Morgan fingerprint density at radius 2 is 1.93 bits per heavy atom. The highest BCUT2D eigenvalue weighted by Crippen LogP contribution is 2.36. The summed E-state index contributed by atoms with van der Waals surface area (Å²) >= 11 is 0. The molecule has 1 atom stereocenters. The van der Waals surface area contributed by atoms with Crippen LogP contribution in [0.3, 0.4) is 0 Å². The molecule has 148 valence electrons. The molecule has 2 aromatic carbocycles. The van der Waals surface area contributed by atoms with Gasteiger partial charge in [-0.15, -0.1) is 0 Å². The Bertz CT molecular complexity index is 864. The first-order valence-electron chi connectivity index (χ1n) is 8.96. The van der Waals surface area contributed by atoms with Crippen molar-refractivity contribution in [2.45, 2.75) is 12.6 Å². The van der Waals surface area contributed by atoms with Crippen LogP contribution in [0.1, 0.15) is 15.9 Å². The maximum atomic E-state index is 12.5. The molecular formula is C21H24N2O5. The average molecular weight is 384 g/mol. The maximum absolute atomic E-state index is 12.5. The van der Waals surface area contributed by atoms with Gasteiger partial charge in [0.05, 0.1) is 19.3 Å². The van der Waals surface area contributed by atoms with Gasteiger partial charge >= 0.3 is 0 Å². The summed E-state index contributed by atoms with van der Waals surface area (Å²) in [5.41, 5.74) is 2.16. The number of nitrogens with zero attached hydrogens (tertiary/aromatic N) is 2. The van der Waals surface area contributed by atoms with Crippen LogP contribution < -0.4 is 14.4 Å². The van der Waals surface area contributed by atoms with E-state index in [0.717, 1.165) is 17.0 Å². The SMILES string of the molecule is COc1ccc(CN2CC(C(=O)N(C)C)Oc3ccc(C(=O)CO)cc32)cc1. The van der Waals surface area contributed by atoms with Crippen LogP contribution in [-0.2, 0) is 11.3 Å². The van der Waals surface area contributed by atoms with Crippen LogP contribution in [0.4, 0.5) is 5.69 Å². The fraction of sp³-hybridized carbons (Fsp3) is 0.333. The normalized spacial score (nSPS) is 15.4. The predicted molar refractivity (Wildman–Crippen MR) is 105 cm³/mol. The molecule has 7 heteroatoms. The molecular weight excluding hydrogens is 360 g/mol. The summed E-state index contributed by atoms with van der Waals surface area (Å²) in [6.07, 6.45) is -0.639. The van der Waals surface area contributed by atoms with Gasteiger partial charge in [0.2, 0.25) is 0 Å². The lowest BCUT2D eigenvalue weighted by molar-refractivity contribution is -0.136. The minimum Gasteiger partial charge on any atom is -0.497 e. The van der Waals surface area contributed by atoms with E-state index in [-0.39, 0.29) is 11.7 Å². The second-order valence-electron chi connectivity index (χ2n) is 6.83. The lowest BCUT2D eigenvalue weighted by Gasteiger charge is -2.36. The molecule has 0 aromatic heterocycles. The number of hydrogen-bond donors (Lipinski definition) is 1. The number of benzene rings is 2. The highest BCUT2D eigenvalue weighted by atomic mass is 16.5. The quantitative estimate of drug-likeness (QED) is 0.764. The third-order valence-corrected chi connectivity index (χ3v) is 4.67. The van der Waals surface area contributed by atoms with E-state index in [9.17, 15) is 9.59 Å². The second-order valence-corrected chi connectivity index (χ2v) is 6.83. The number of carbonyl (C=O) groups is 2. The number of hydrogen-bond acceptors (Lipinski definition) is 6. The molecule has 0 fully saturated rings. The summed E-state index contributed by atoms with van der Waals surface area (Å²) in [6.45, 7) is 0.334. The lowest BCUT2D eigenvalue weighted by atomic mass is 10.1. The van der Waals surface area contributed by atoms with E-state index in [1.165, 1.54) is 4.90 Å². The van der Waals surface area contributed by atoms with Crippen LogP contribution in [-0.4, -0.2) is 62.2 Å². The number of methoxy groups -OCH3 is 1. The average Bonchev–Trinajstić information content (AvgIpc) is 2.72. The van der Waals surface area contributed by atoms with E-state index in [1.54, 1.807) is 39.4 Å². The van der Waals surface area contributed by atoms with Gasteiger partial charge in [0.25, 0.3) is 5.91 Å². The highest BCUT2D eigenvalue weighted by molar-refractivity contribution is 5.98. The third kappa shape index (κ3) is 4.09. The minimum atomic E-state index is -0.639. The van der Waals surface area contributed by atoms with Crippen molar-refractivity contribution in [3.05, 3.63) is 53.6 Å². The number of carbonyl (C=O) groups excluding carboxylic acids is 2. The molecule has 1 aliphatic rings. The largest absolute Gasteiger partial charge is 0.497 e. The molecule has 0 saturated heterocycles. The van der Waals surface area contributed by atoms with Crippen LogP contribution >= 0.6 is 0 Å². The molecule has 0 radical (unpaired) electrons. The number of ether oxygens (including phenoxy) is 2. The summed E-state index contributed by atoms with van der Waals surface area (Å²) in [5.74, 6) is 0.816. The van der Waals surface area contributed by atoms with Crippen LogP contribution in [0, 0.1) is 0 Å². The molecule has 0 aliphatic carbocycles. The number of likely N-dealkylation sites (N-methyl/N-ethyl adjacent to an activating group) is 1. The van der Waals surface area contributed by atoms with Gasteiger partial charge in [0.1, 0.15) is 18.1 Å². The molecule has 1 unspecified atom stereocenters. The molecule has 1 aliphatic heterocycles. The number of amides is 1. The summed E-state index contributed by atoms with van der Waals surface area (Å²) < 4.78 is 11.1. The number of Topliss-reactive ketones (excluding diaryl/α,β-unsaturated/α-hetero) is 1. The first kappa shape index (κ1) is 19.7. The van der Waals surface area contributed by atoms with Gasteiger partial charge in [-0.3, -0.25) is 9.59 Å². The molecule has 1 amide bonds. The molecule has 28 heavy (non-hydrogen) atoms. The zero-order chi connectivity index (χ0) is 20.3. The Morgan fingerprint density at radius 1 is 1.21 bits per heavy atom. The van der Waals surface area contributed by atoms with Crippen LogP contribution in [0.5, 0.6) is 11.5 Å². The van der Waals surface area contributed by atoms with Gasteiger partial charge in [-0.25, -0.2) is 0 Å². The van der Waals surface area contributed by atoms with Gasteiger partial charge in [0, 0.05) is 26.2 Å². The minimum absolute atomic E-state index is 0.124. The van der Waals surface area contributed by atoms with Crippen molar-refractivity contribution in [3.63, 3.8) is 0 Å². The Labute approximate surface area is 164 Å². The van der Waals surface area contributed by atoms with Gasteiger partial charge in [-0.05, 0) is 35.9 Å². The topological polar surface area (TPSA) is 79.3 Å². The first-order chi connectivity index (χ1) is 13.4. The summed E-state index contributed by atoms with van der Waals surface area (Å²) in [6, 6.07) is 12.7. The van der Waals surface area contributed by atoms with E-state index < -0.39 is 12.7 Å². The highest BCUT2D eigenvalue weighted by Gasteiger charge is 2.32. The number of ketones is 1. The van der Waals surface area contributed by atoms with E-state index >= 15 is 0 Å². The summed E-state index contributed by atoms with van der Waals surface area (Å²) in [5, 5.41) is 9.16. The number of fused-ring (bicyclic) bond motifs is 1.